The zero-order valence-electron chi connectivity index (χ0n) is 10.5. The average Bonchev–Trinajstić information content (AvgIpc) is 3.13. The Morgan fingerprint density at radius 1 is 1.21 bits per heavy atom. The van der Waals surface area contributed by atoms with Crippen molar-refractivity contribution in [2.75, 3.05) is 0 Å². The number of nitrogens with one attached hydrogen (secondary N) is 1. The van der Waals surface area contributed by atoms with Gasteiger partial charge in [0.05, 0.1) is 5.25 Å². The third-order valence-corrected chi connectivity index (χ3v) is 6.08. The molecule has 0 spiro atoms. The molecule has 0 amide bonds. The van der Waals surface area contributed by atoms with Gasteiger partial charge in [0.25, 0.3) is 0 Å². The fraction of sp³-hybridized carbons (Fsp3) is 0.538. The lowest BCUT2D eigenvalue weighted by Crippen LogP contribution is -2.36. The number of halogens is 2. The van der Waals surface area contributed by atoms with E-state index in [1.807, 2.05) is 0 Å². The van der Waals surface area contributed by atoms with E-state index in [1.165, 1.54) is 0 Å². The van der Waals surface area contributed by atoms with E-state index in [0.29, 0.717) is 6.04 Å². The molecule has 6 heteroatoms. The van der Waals surface area contributed by atoms with Crippen molar-refractivity contribution < 1.29 is 17.2 Å². The van der Waals surface area contributed by atoms with Gasteiger partial charge in [-0.2, -0.15) is 0 Å². The molecular formula is C13H15F2NO2S. The second kappa shape index (κ2) is 4.24. The van der Waals surface area contributed by atoms with Crippen molar-refractivity contribution in [2.45, 2.75) is 48.4 Å². The highest BCUT2D eigenvalue weighted by Gasteiger charge is 2.41. The van der Waals surface area contributed by atoms with Gasteiger partial charge in [-0.3, -0.25) is 0 Å². The zero-order valence-corrected chi connectivity index (χ0v) is 11.3. The first-order valence-electron chi connectivity index (χ1n) is 6.39. The first-order chi connectivity index (χ1) is 8.91. The molecule has 1 saturated carbocycles. The van der Waals surface area contributed by atoms with Crippen molar-refractivity contribution in [3.8, 4) is 0 Å². The second-order valence-corrected chi connectivity index (χ2v) is 7.66. The second-order valence-electron chi connectivity index (χ2n) is 5.36. The largest absolute Gasteiger partial charge is 0.307 e. The number of hydrogen-bond acceptors (Lipinski definition) is 3. The summed E-state index contributed by atoms with van der Waals surface area (Å²) in [4.78, 5) is -0.454. The maximum Gasteiger partial charge on any atom is 0.184 e. The SMILES string of the molecule is CC1CC(NC2CC2)c2c(F)ccc(F)c2S1(=O)=O. The molecule has 19 heavy (non-hydrogen) atoms. The van der Waals surface area contributed by atoms with Gasteiger partial charge in [-0.25, -0.2) is 17.2 Å². The van der Waals surface area contributed by atoms with E-state index in [4.69, 9.17) is 0 Å². The van der Waals surface area contributed by atoms with Crippen LogP contribution >= 0.6 is 0 Å². The predicted octanol–water partition coefficient (Wildman–Crippen LogP) is 2.32. The van der Waals surface area contributed by atoms with Gasteiger partial charge in [0, 0.05) is 17.6 Å². The van der Waals surface area contributed by atoms with Crippen LogP contribution in [0.3, 0.4) is 0 Å². The molecule has 1 N–H and O–H groups in total. The molecule has 1 fully saturated rings. The van der Waals surface area contributed by atoms with Crippen LogP contribution in [0, 0.1) is 11.6 Å². The Hall–Kier alpha value is -1.01. The lowest BCUT2D eigenvalue weighted by atomic mass is 10.00. The smallest absolute Gasteiger partial charge is 0.184 e. The molecule has 2 unspecified atom stereocenters. The maximum atomic E-state index is 14.0. The highest BCUT2D eigenvalue weighted by Crippen LogP contribution is 2.40. The van der Waals surface area contributed by atoms with E-state index < -0.39 is 37.7 Å². The molecule has 2 aliphatic rings. The van der Waals surface area contributed by atoms with E-state index in [-0.39, 0.29) is 12.0 Å². The van der Waals surface area contributed by atoms with E-state index in [2.05, 4.69) is 5.32 Å². The van der Waals surface area contributed by atoms with E-state index in [1.54, 1.807) is 6.92 Å². The Labute approximate surface area is 110 Å². The standard InChI is InChI=1S/C13H15F2NO2S/c1-7-6-11(16-8-2-3-8)12-9(14)4-5-10(15)13(12)19(7,17)18/h4-5,7-8,11,16H,2-3,6H2,1H3. The van der Waals surface area contributed by atoms with Crippen LogP contribution < -0.4 is 5.32 Å². The highest BCUT2D eigenvalue weighted by atomic mass is 32.2. The molecule has 0 aromatic heterocycles. The van der Waals surface area contributed by atoms with Crippen LogP contribution in [0.5, 0.6) is 0 Å². The summed E-state index contributed by atoms with van der Waals surface area (Å²) < 4.78 is 52.2. The Balaban J connectivity index is 2.18. The predicted molar refractivity (Wildman–Crippen MR) is 66.5 cm³/mol. The van der Waals surface area contributed by atoms with Crippen LogP contribution in [-0.2, 0) is 9.84 Å². The summed E-state index contributed by atoms with van der Waals surface area (Å²) in [7, 11) is -3.78. The minimum Gasteiger partial charge on any atom is -0.307 e. The van der Waals surface area contributed by atoms with Gasteiger partial charge < -0.3 is 5.32 Å². The highest BCUT2D eigenvalue weighted by molar-refractivity contribution is 7.92. The molecule has 2 atom stereocenters. The third-order valence-electron chi connectivity index (χ3n) is 3.84. The zero-order chi connectivity index (χ0) is 13.8. The molecule has 1 aliphatic carbocycles. The lowest BCUT2D eigenvalue weighted by Gasteiger charge is -2.31. The summed E-state index contributed by atoms with van der Waals surface area (Å²) in [5.41, 5.74) is -0.0231. The van der Waals surface area contributed by atoms with Crippen LogP contribution in [0.25, 0.3) is 0 Å². The van der Waals surface area contributed by atoms with Crippen molar-refractivity contribution in [3.63, 3.8) is 0 Å². The van der Waals surface area contributed by atoms with Crippen molar-refractivity contribution in [1.29, 1.82) is 0 Å². The van der Waals surface area contributed by atoms with Crippen LogP contribution in [0.4, 0.5) is 8.78 Å². The third kappa shape index (κ3) is 2.07. The molecule has 0 saturated heterocycles. The molecule has 3 nitrogen and oxygen atoms in total. The normalized spacial score (nSPS) is 29.0. The fourth-order valence-corrected chi connectivity index (χ4v) is 4.36. The number of benzene rings is 1. The minimum atomic E-state index is -3.78. The summed E-state index contributed by atoms with van der Waals surface area (Å²) >= 11 is 0. The number of rotatable bonds is 2. The summed E-state index contributed by atoms with van der Waals surface area (Å²) in [5.74, 6) is -1.50. The molecule has 1 aromatic rings. The molecule has 3 rings (SSSR count). The molecule has 1 aliphatic heterocycles. The molecule has 104 valence electrons. The van der Waals surface area contributed by atoms with Gasteiger partial charge in [-0.1, -0.05) is 0 Å². The quantitative estimate of drug-likeness (QED) is 0.908. The summed E-state index contributed by atoms with van der Waals surface area (Å²) in [6.07, 6.45) is 2.29. The Morgan fingerprint density at radius 3 is 2.47 bits per heavy atom. The summed E-state index contributed by atoms with van der Waals surface area (Å²) in [5, 5.41) is 2.51. The Bertz CT molecular complexity index is 626. The van der Waals surface area contributed by atoms with Crippen LogP contribution in [0.15, 0.2) is 17.0 Å². The van der Waals surface area contributed by atoms with Crippen molar-refractivity contribution in [3.05, 3.63) is 29.3 Å². The summed E-state index contributed by atoms with van der Waals surface area (Å²) in [6.45, 7) is 1.55. The lowest BCUT2D eigenvalue weighted by molar-refractivity contribution is 0.426. The van der Waals surface area contributed by atoms with Gasteiger partial charge in [0.2, 0.25) is 0 Å². The first-order valence-corrected chi connectivity index (χ1v) is 7.93. The van der Waals surface area contributed by atoms with Crippen LogP contribution in [0.1, 0.15) is 37.8 Å². The first kappa shape index (κ1) is 13.0. The maximum absolute atomic E-state index is 14.0. The molecular weight excluding hydrogens is 272 g/mol. The fourth-order valence-electron chi connectivity index (χ4n) is 2.63. The Morgan fingerprint density at radius 2 is 1.84 bits per heavy atom. The number of fused-ring (bicyclic) bond motifs is 1. The molecule has 1 aromatic carbocycles. The van der Waals surface area contributed by atoms with Crippen molar-refractivity contribution in [1.82, 2.24) is 5.32 Å². The van der Waals surface area contributed by atoms with Gasteiger partial charge >= 0.3 is 0 Å². The van der Waals surface area contributed by atoms with E-state index in [0.717, 1.165) is 25.0 Å². The van der Waals surface area contributed by atoms with Gasteiger partial charge in [0.1, 0.15) is 16.5 Å². The molecule has 0 bridgehead atoms. The van der Waals surface area contributed by atoms with E-state index >= 15 is 0 Å². The average molecular weight is 287 g/mol. The topological polar surface area (TPSA) is 46.2 Å². The summed E-state index contributed by atoms with van der Waals surface area (Å²) in [6, 6.07) is 1.77. The van der Waals surface area contributed by atoms with E-state index in [9.17, 15) is 17.2 Å². The molecule has 1 heterocycles. The van der Waals surface area contributed by atoms with Gasteiger partial charge in [0.15, 0.2) is 9.84 Å². The Kier molecular flexibility index (Phi) is 2.90. The van der Waals surface area contributed by atoms with Gasteiger partial charge in [-0.15, -0.1) is 0 Å². The minimum absolute atomic E-state index is 0.0231. The van der Waals surface area contributed by atoms with Gasteiger partial charge in [-0.05, 0) is 38.3 Å². The van der Waals surface area contributed by atoms with Crippen LogP contribution in [0.2, 0.25) is 0 Å². The van der Waals surface area contributed by atoms with Crippen molar-refractivity contribution in [2.24, 2.45) is 0 Å². The number of hydrogen-bond donors (Lipinski definition) is 1. The monoisotopic (exact) mass is 287 g/mol. The number of sulfone groups is 1. The molecule has 0 radical (unpaired) electrons. The van der Waals surface area contributed by atoms with Crippen molar-refractivity contribution >= 4 is 9.84 Å². The van der Waals surface area contributed by atoms with Crippen LogP contribution in [-0.4, -0.2) is 19.7 Å².